The van der Waals surface area contributed by atoms with Gasteiger partial charge in [0.05, 0.1) is 0 Å². The van der Waals surface area contributed by atoms with Crippen LogP contribution in [0.4, 0.5) is 22.1 Å². The molecule has 0 unspecified atom stereocenters. The maximum Gasteiger partial charge on any atom is 0.319 e. The van der Waals surface area contributed by atoms with E-state index < -0.39 is 0 Å². The van der Waals surface area contributed by atoms with E-state index in [1.165, 1.54) is 0 Å². The van der Waals surface area contributed by atoms with Gasteiger partial charge in [-0.3, -0.25) is 0 Å². The summed E-state index contributed by atoms with van der Waals surface area (Å²) in [6.07, 6.45) is 0. The van der Waals surface area contributed by atoms with Crippen molar-refractivity contribution in [1.82, 2.24) is 15.3 Å². The van der Waals surface area contributed by atoms with Crippen molar-refractivity contribution in [2.75, 3.05) is 35.6 Å². The molecule has 1 aromatic carbocycles. The maximum atomic E-state index is 11.8. The largest absolute Gasteiger partial charge is 0.370 e. The summed E-state index contributed by atoms with van der Waals surface area (Å²) < 4.78 is 0. The third kappa shape index (κ3) is 5.92. The van der Waals surface area contributed by atoms with Crippen LogP contribution in [0.2, 0.25) is 5.02 Å². The fourth-order valence-electron chi connectivity index (χ4n) is 2.04. The Morgan fingerprint density at radius 2 is 1.88 bits per heavy atom. The van der Waals surface area contributed by atoms with Crippen LogP contribution < -0.4 is 21.3 Å². The lowest BCUT2D eigenvalue weighted by molar-refractivity contribution is 0.252. The zero-order chi connectivity index (χ0) is 17.4. The monoisotopic (exact) mass is 348 g/mol. The number of halogens is 1. The van der Waals surface area contributed by atoms with Gasteiger partial charge in [-0.05, 0) is 32.0 Å². The van der Waals surface area contributed by atoms with Crippen LogP contribution in [0, 0.1) is 6.92 Å². The molecule has 1 heterocycles. The Bertz CT molecular complexity index is 694. The van der Waals surface area contributed by atoms with Crippen LogP contribution in [0.5, 0.6) is 0 Å². The Kier molecular flexibility index (Phi) is 6.62. The first-order valence-corrected chi connectivity index (χ1v) is 8.08. The van der Waals surface area contributed by atoms with Crippen molar-refractivity contribution < 1.29 is 4.79 Å². The van der Waals surface area contributed by atoms with Gasteiger partial charge in [0, 0.05) is 36.4 Å². The Hall–Kier alpha value is -2.54. The predicted molar refractivity (Wildman–Crippen MR) is 97.9 cm³/mol. The SMILES string of the molecule is CCNc1cc(NCCNC(=O)Nc2cccc(Cl)c2)nc(C)n1. The molecule has 0 fully saturated rings. The highest BCUT2D eigenvalue weighted by Gasteiger charge is 2.03. The molecule has 1 aromatic heterocycles. The third-order valence-electron chi connectivity index (χ3n) is 3.00. The summed E-state index contributed by atoms with van der Waals surface area (Å²) in [5, 5.41) is 12.4. The minimum absolute atomic E-state index is 0.286. The molecule has 7 nitrogen and oxygen atoms in total. The van der Waals surface area contributed by atoms with Gasteiger partial charge in [-0.15, -0.1) is 0 Å². The number of nitrogens with one attached hydrogen (secondary N) is 4. The third-order valence-corrected chi connectivity index (χ3v) is 3.23. The zero-order valence-corrected chi connectivity index (χ0v) is 14.4. The Morgan fingerprint density at radius 1 is 1.12 bits per heavy atom. The highest BCUT2D eigenvalue weighted by molar-refractivity contribution is 6.30. The number of urea groups is 1. The van der Waals surface area contributed by atoms with E-state index in [1.807, 2.05) is 19.9 Å². The van der Waals surface area contributed by atoms with Crippen LogP contribution in [0.1, 0.15) is 12.7 Å². The van der Waals surface area contributed by atoms with Gasteiger partial charge >= 0.3 is 6.03 Å². The molecule has 4 N–H and O–H groups in total. The minimum Gasteiger partial charge on any atom is -0.370 e. The molecule has 0 aliphatic carbocycles. The first-order valence-electron chi connectivity index (χ1n) is 7.70. The number of hydrogen-bond donors (Lipinski definition) is 4. The van der Waals surface area contributed by atoms with E-state index in [0.29, 0.717) is 29.6 Å². The molecule has 2 amide bonds. The normalized spacial score (nSPS) is 10.1. The first-order chi connectivity index (χ1) is 11.6. The Morgan fingerprint density at radius 3 is 2.58 bits per heavy atom. The van der Waals surface area contributed by atoms with Crippen LogP contribution in [0.3, 0.4) is 0 Å². The van der Waals surface area contributed by atoms with Crippen molar-refractivity contribution in [3.05, 3.63) is 41.2 Å². The molecule has 0 spiro atoms. The van der Waals surface area contributed by atoms with Crippen molar-refractivity contribution in [2.45, 2.75) is 13.8 Å². The van der Waals surface area contributed by atoms with Crippen LogP contribution in [-0.4, -0.2) is 35.6 Å². The van der Waals surface area contributed by atoms with Gasteiger partial charge in [0.25, 0.3) is 0 Å². The summed E-state index contributed by atoms with van der Waals surface area (Å²) >= 11 is 5.87. The average molecular weight is 349 g/mol. The lowest BCUT2D eigenvalue weighted by atomic mass is 10.3. The highest BCUT2D eigenvalue weighted by atomic mass is 35.5. The van der Waals surface area contributed by atoms with Gasteiger partial charge < -0.3 is 21.3 Å². The van der Waals surface area contributed by atoms with Gasteiger partial charge in [0.2, 0.25) is 0 Å². The summed E-state index contributed by atoms with van der Waals surface area (Å²) in [5.41, 5.74) is 0.648. The topological polar surface area (TPSA) is 91.0 Å². The quantitative estimate of drug-likeness (QED) is 0.577. The van der Waals surface area contributed by atoms with E-state index in [9.17, 15) is 4.79 Å². The molecule has 128 valence electrons. The number of rotatable bonds is 7. The van der Waals surface area contributed by atoms with Gasteiger partial charge in [0.15, 0.2) is 0 Å². The molecule has 0 aliphatic heterocycles. The van der Waals surface area contributed by atoms with Crippen LogP contribution in [0.25, 0.3) is 0 Å². The summed E-state index contributed by atoms with van der Waals surface area (Å²) in [7, 11) is 0. The second kappa shape index (κ2) is 8.93. The summed E-state index contributed by atoms with van der Waals surface area (Å²) in [5.74, 6) is 2.18. The summed E-state index contributed by atoms with van der Waals surface area (Å²) in [6, 6.07) is 8.54. The van der Waals surface area contributed by atoms with Crippen LogP contribution in [0.15, 0.2) is 30.3 Å². The maximum absolute atomic E-state index is 11.8. The Labute approximate surface area is 146 Å². The molecular weight excluding hydrogens is 328 g/mol. The predicted octanol–water partition coefficient (Wildman–Crippen LogP) is 3.10. The fraction of sp³-hybridized carbons (Fsp3) is 0.312. The lowest BCUT2D eigenvalue weighted by Crippen LogP contribution is -2.32. The van der Waals surface area contributed by atoms with Crippen LogP contribution in [-0.2, 0) is 0 Å². The molecule has 0 saturated heterocycles. The minimum atomic E-state index is -0.286. The smallest absolute Gasteiger partial charge is 0.319 e. The van der Waals surface area contributed by atoms with Crippen molar-refractivity contribution in [1.29, 1.82) is 0 Å². The van der Waals surface area contributed by atoms with E-state index >= 15 is 0 Å². The van der Waals surface area contributed by atoms with Crippen molar-refractivity contribution in [2.24, 2.45) is 0 Å². The van der Waals surface area contributed by atoms with Crippen molar-refractivity contribution >= 4 is 35.0 Å². The molecule has 8 heteroatoms. The van der Waals surface area contributed by atoms with Gasteiger partial charge in [-0.25, -0.2) is 14.8 Å². The van der Waals surface area contributed by atoms with Gasteiger partial charge in [-0.2, -0.15) is 0 Å². The molecule has 0 atom stereocenters. The Balaban J connectivity index is 1.75. The van der Waals surface area contributed by atoms with E-state index in [4.69, 9.17) is 11.6 Å². The van der Waals surface area contributed by atoms with E-state index in [0.717, 1.165) is 18.2 Å². The molecule has 0 saturated carbocycles. The number of carbonyl (C=O) groups excluding carboxylic acids is 1. The molecule has 2 aromatic rings. The van der Waals surface area contributed by atoms with E-state index in [1.54, 1.807) is 24.3 Å². The van der Waals surface area contributed by atoms with Gasteiger partial charge in [-0.1, -0.05) is 17.7 Å². The first kappa shape index (κ1) is 17.8. The molecule has 2 rings (SSSR count). The van der Waals surface area contributed by atoms with Crippen molar-refractivity contribution in [3.63, 3.8) is 0 Å². The van der Waals surface area contributed by atoms with Crippen LogP contribution >= 0.6 is 11.6 Å². The average Bonchev–Trinajstić information content (AvgIpc) is 2.51. The fourth-order valence-corrected chi connectivity index (χ4v) is 2.23. The molecule has 24 heavy (non-hydrogen) atoms. The molecule has 0 bridgehead atoms. The molecular formula is C16H21ClN6O. The number of anilines is 3. The summed E-state index contributed by atoms with van der Waals surface area (Å²) in [6.45, 7) is 5.63. The number of amides is 2. The highest BCUT2D eigenvalue weighted by Crippen LogP contribution is 2.14. The number of aryl methyl sites for hydroxylation is 1. The number of hydrogen-bond acceptors (Lipinski definition) is 5. The number of carbonyl (C=O) groups is 1. The summed E-state index contributed by atoms with van der Waals surface area (Å²) in [4.78, 5) is 20.4. The second-order valence-corrected chi connectivity index (χ2v) is 5.47. The second-order valence-electron chi connectivity index (χ2n) is 5.03. The molecule has 0 aliphatic rings. The van der Waals surface area contributed by atoms with Crippen molar-refractivity contribution in [3.8, 4) is 0 Å². The lowest BCUT2D eigenvalue weighted by Gasteiger charge is -2.10. The number of nitrogens with zero attached hydrogens (tertiary/aromatic N) is 2. The van der Waals surface area contributed by atoms with E-state index in [-0.39, 0.29) is 6.03 Å². The number of benzene rings is 1. The standard InChI is InChI=1S/C16H21ClN6O/c1-3-18-14-10-15(22-11(2)21-14)19-7-8-20-16(24)23-13-6-4-5-12(17)9-13/h4-6,9-10H,3,7-8H2,1-2H3,(H2,20,23,24)(H2,18,19,21,22). The zero-order valence-electron chi connectivity index (χ0n) is 13.7. The van der Waals surface area contributed by atoms with E-state index in [2.05, 4.69) is 31.2 Å². The molecule has 0 radical (unpaired) electrons. The van der Waals surface area contributed by atoms with Gasteiger partial charge in [0.1, 0.15) is 17.5 Å². The number of aromatic nitrogens is 2.